The van der Waals surface area contributed by atoms with Gasteiger partial charge in [0.2, 0.25) is 0 Å². The van der Waals surface area contributed by atoms with E-state index in [2.05, 4.69) is 5.32 Å². The summed E-state index contributed by atoms with van der Waals surface area (Å²) in [7, 11) is -0.285. The quantitative estimate of drug-likeness (QED) is 0.745. The lowest BCUT2D eigenvalue weighted by Gasteiger charge is -2.23. The normalized spacial score (nSPS) is 16.2. The number of rotatable bonds is 9. The van der Waals surface area contributed by atoms with Crippen molar-refractivity contribution in [1.82, 2.24) is 5.32 Å². The third kappa shape index (κ3) is 5.65. The highest BCUT2D eigenvalue weighted by Crippen LogP contribution is 2.16. The fourth-order valence-corrected chi connectivity index (χ4v) is 6.04. The molecule has 2 aromatic carbocycles. The van der Waals surface area contributed by atoms with Crippen LogP contribution in [0.15, 0.2) is 60.7 Å². The first-order valence-electron chi connectivity index (χ1n) is 8.08. The lowest BCUT2D eigenvalue weighted by molar-refractivity contribution is 0.634. The Labute approximate surface area is 149 Å². The monoisotopic (exact) mass is 363 g/mol. The molecule has 0 aliphatic carbocycles. The summed E-state index contributed by atoms with van der Waals surface area (Å²) in [5.74, 6) is 1.00. The van der Waals surface area contributed by atoms with Gasteiger partial charge in [-0.1, -0.05) is 60.7 Å². The first kappa shape index (κ1) is 19.0. The van der Waals surface area contributed by atoms with Crippen LogP contribution in [-0.2, 0) is 33.1 Å². The maximum atomic E-state index is 12.8. The fourth-order valence-electron chi connectivity index (χ4n) is 2.56. The van der Waals surface area contributed by atoms with Crippen LogP contribution in [-0.4, -0.2) is 32.5 Å². The largest absolute Gasteiger partial charge is 0.319 e. The van der Waals surface area contributed by atoms with Crippen molar-refractivity contribution in [2.24, 2.45) is 0 Å². The molecule has 5 heteroatoms. The Kier molecular flexibility index (Phi) is 7.82. The molecule has 0 fully saturated rings. The fraction of sp³-hybridized carbons (Fsp3) is 0.368. The van der Waals surface area contributed by atoms with Crippen LogP contribution in [0, 0.1) is 0 Å². The van der Waals surface area contributed by atoms with Crippen LogP contribution in [0.4, 0.5) is 0 Å². The van der Waals surface area contributed by atoms with Crippen molar-refractivity contribution in [3.63, 3.8) is 0 Å². The highest BCUT2D eigenvalue weighted by Gasteiger charge is 2.27. The Bertz CT molecular complexity index is 662. The molecule has 130 valence electrons. The van der Waals surface area contributed by atoms with Gasteiger partial charge in [-0.2, -0.15) is 0 Å². The molecule has 24 heavy (non-hydrogen) atoms. The smallest absolute Gasteiger partial charge is 0.0616 e. The SMILES string of the molecule is CNCC(C(C)S(=O)Cc1ccccc1)S(=O)Cc1ccccc1. The molecule has 0 bridgehead atoms. The second-order valence-electron chi connectivity index (χ2n) is 5.82. The molecule has 0 heterocycles. The molecule has 4 atom stereocenters. The zero-order chi connectivity index (χ0) is 17.4. The summed E-state index contributed by atoms with van der Waals surface area (Å²) in [6.45, 7) is 2.55. The zero-order valence-corrected chi connectivity index (χ0v) is 15.8. The van der Waals surface area contributed by atoms with Crippen molar-refractivity contribution < 1.29 is 8.42 Å². The van der Waals surface area contributed by atoms with E-state index in [1.54, 1.807) is 0 Å². The van der Waals surface area contributed by atoms with Crippen LogP contribution in [0.25, 0.3) is 0 Å². The van der Waals surface area contributed by atoms with E-state index in [1.165, 1.54) is 0 Å². The average molecular weight is 364 g/mol. The maximum Gasteiger partial charge on any atom is 0.0616 e. The van der Waals surface area contributed by atoms with Crippen molar-refractivity contribution in [3.05, 3.63) is 71.8 Å². The van der Waals surface area contributed by atoms with E-state index in [1.807, 2.05) is 74.6 Å². The lowest BCUT2D eigenvalue weighted by atomic mass is 10.2. The molecule has 0 amide bonds. The molecule has 2 aromatic rings. The summed E-state index contributed by atoms with van der Waals surface area (Å²) in [5, 5.41) is 2.83. The standard InChI is InChI=1S/C19H25NO2S2/c1-16(23(21)14-17-9-5-3-6-10-17)19(13-20-2)24(22)15-18-11-7-4-8-12-18/h3-12,16,19-20H,13-15H2,1-2H3. The first-order valence-corrected chi connectivity index (χ1v) is 10.8. The van der Waals surface area contributed by atoms with Gasteiger partial charge in [0.1, 0.15) is 0 Å². The van der Waals surface area contributed by atoms with Gasteiger partial charge in [-0.15, -0.1) is 0 Å². The Hall–Kier alpha value is -1.30. The maximum absolute atomic E-state index is 12.8. The average Bonchev–Trinajstić information content (AvgIpc) is 2.60. The van der Waals surface area contributed by atoms with Gasteiger partial charge in [0.15, 0.2) is 0 Å². The van der Waals surface area contributed by atoms with E-state index in [9.17, 15) is 8.42 Å². The van der Waals surface area contributed by atoms with E-state index in [4.69, 9.17) is 0 Å². The number of benzene rings is 2. The minimum absolute atomic E-state index is 0.137. The predicted molar refractivity (Wildman–Crippen MR) is 104 cm³/mol. The molecule has 0 saturated heterocycles. The number of nitrogens with one attached hydrogen (secondary N) is 1. The molecular weight excluding hydrogens is 338 g/mol. The van der Waals surface area contributed by atoms with Gasteiger partial charge >= 0.3 is 0 Å². The van der Waals surface area contributed by atoms with Crippen LogP contribution >= 0.6 is 0 Å². The molecule has 2 rings (SSSR count). The van der Waals surface area contributed by atoms with Crippen LogP contribution in [0.1, 0.15) is 18.1 Å². The predicted octanol–water partition coefficient (Wildman–Crippen LogP) is 2.86. The van der Waals surface area contributed by atoms with Gasteiger partial charge in [-0.05, 0) is 25.1 Å². The summed E-state index contributed by atoms with van der Waals surface area (Å²) in [4.78, 5) is 0. The number of hydrogen-bond acceptors (Lipinski definition) is 3. The van der Waals surface area contributed by atoms with E-state index in [-0.39, 0.29) is 10.5 Å². The van der Waals surface area contributed by atoms with Gasteiger partial charge < -0.3 is 5.32 Å². The van der Waals surface area contributed by atoms with Crippen molar-refractivity contribution in [2.75, 3.05) is 13.6 Å². The molecule has 0 aromatic heterocycles. The minimum Gasteiger partial charge on any atom is -0.319 e. The van der Waals surface area contributed by atoms with Crippen LogP contribution in [0.5, 0.6) is 0 Å². The molecule has 0 saturated carbocycles. The van der Waals surface area contributed by atoms with Gasteiger partial charge in [0.25, 0.3) is 0 Å². The molecule has 1 N–H and O–H groups in total. The van der Waals surface area contributed by atoms with E-state index >= 15 is 0 Å². The highest BCUT2D eigenvalue weighted by molar-refractivity contribution is 7.89. The second kappa shape index (κ2) is 9.87. The third-order valence-corrected chi connectivity index (χ3v) is 7.80. The molecule has 0 radical (unpaired) electrons. The van der Waals surface area contributed by atoms with Crippen LogP contribution in [0.2, 0.25) is 0 Å². The van der Waals surface area contributed by atoms with E-state index in [0.717, 1.165) is 11.1 Å². The first-order chi connectivity index (χ1) is 11.6. The van der Waals surface area contributed by atoms with Crippen LogP contribution in [0.3, 0.4) is 0 Å². The molecular formula is C19H25NO2S2. The molecule has 3 nitrogen and oxygen atoms in total. The van der Waals surface area contributed by atoms with Crippen molar-refractivity contribution >= 4 is 21.6 Å². The number of hydrogen-bond donors (Lipinski definition) is 1. The summed E-state index contributed by atoms with van der Waals surface area (Å²) in [6.07, 6.45) is 0. The van der Waals surface area contributed by atoms with Crippen molar-refractivity contribution in [2.45, 2.75) is 28.9 Å². The summed E-state index contributed by atoms with van der Waals surface area (Å²) in [6, 6.07) is 19.7. The Morgan fingerprint density at radius 2 is 1.29 bits per heavy atom. The van der Waals surface area contributed by atoms with E-state index < -0.39 is 21.6 Å². The Morgan fingerprint density at radius 3 is 1.75 bits per heavy atom. The molecule has 0 aliphatic rings. The summed E-state index contributed by atoms with van der Waals surface area (Å²) < 4.78 is 25.6. The Morgan fingerprint density at radius 1 is 0.833 bits per heavy atom. The third-order valence-electron chi connectivity index (χ3n) is 3.98. The van der Waals surface area contributed by atoms with Crippen molar-refractivity contribution in [3.8, 4) is 0 Å². The molecule has 0 spiro atoms. The second-order valence-corrected chi connectivity index (χ2v) is 9.27. The van der Waals surface area contributed by atoms with Gasteiger partial charge in [-0.25, -0.2) is 0 Å². The topological polar surface area (TPSA) is 46.2 Å². The van der Waals surface area contributed by atoms with Gasteiger partial charge in [-0.3, -0.25) is 8.42 Å². The van der Waals surface area contributed by atoms with E-state index in [0.29, 0.717) is 18.1 Å². The Balaban J connectivity index is 2.04. The van der Waals surface area contributed by atoms with Crippen molar-refractivity contribution in [1.29, 1.82) is 0 Å². The van der Waals surface area contributed by atoms with Crippen LogP contribution < -0.4 is 5.32 Å². The highest BCUT2D eigenvalue weighted by atomic mass is 32.2. The van der Waals surface area contributed by atoms with Gasteiger partial charge in [0.05, 0.1) is 5.25 Å². The zero-order valence-electron chi connectivity index (χ0n) is 14.2. The minimum atomic E-state index is -1.07. The summed E-state index contributed by atoms with van der Waals surface area (Å²) >= 11 is 0. The lowest BCUT2D eigenvalue weighted by Crippen LogP contribution is -2.40. The molecule has 4 unspecified atom stereocenters. The molecule has 0 aliphatic heterocycles. The van der Waals surface area contributed by atoms with Gasteiger partial charge in [0, 0.05) is 44.9 Å². The summed E-state index contributed by atoms with van der Waals surface area (Å²) in [5.41, 5.74) is 2.11.